The lowest BCUT2D eigenvalue weighted by Gasteiger charge is -2.51. The van der Waals surface area contributed by atoms with Gasteiger partial charge < -0.3 is 14.6 Å². The number of hydrogen-bond acceptors (Lipinski definition) is 4. The fourth-order valence-electron chi connectivity index (χ4n) is 5.56. The molecule has 0 unspecified atom stereocenters. The Morgan fingerprint density at radius 2 is 1.70 bits per heavy atom. The van der Waals surface area contributed by atoms with E-state index in [9.17, 15) is 9.90 Å². The second-order valence-corrected chi connectivity index (χ2v) is 8.39. The zero-order valence-electron chi connectivity index (χ0n) is 15.7. The number of ether oxygens (including phenoxy) is 2. The molecule has 0 saturated heterocycles. The zero-order chi connectivity index (χ0) is 19.1. The molecule has 4 aliphatic carbocycles. The van der Waals surface area contributed by atoms with Gasteiger partial charge in [0.15, 0.2) is 0 Å². The minimum Gasteiger partial charge on any atom is -0.506 e. The second kappa shape index (κ2) is 7.23. The number of phenolic OH excluding ortho intramolecular Hbond substituents is 1. The number of aromatic hydroxyl groups is 1. The summed E-state index contributed by atoms with van der Waals surface area (Å²) < 4.78 is 10.4. The van der Waals surface area contributed by atoms with E-state index in [-0.39, 0.29) is 10.8 Å². The van der Waals surface area contributed by atoms with Crippen LogP contribution in [0.1, 0.15) is 43.2 Å². The molecule has 0 heterocycles. The number of phenols is 1. The zero-order valence-corrected chi connectivity index (χ0v) is 16.5. The monoisotopic (exact) mass is 388 g/mol. The molecule has 1 aromatic carbocycles. The molecule has 1 N–H and O–H groups in total. The number of hydrogen-bond donors (Lipinski definition) is 1. The molecule has 0 amide bonds. The second-order valence-electron chi connectivity index (χ2n) is 8.01. The number of carbonyl (C=O) groups is 1. The van der Waals surface area contributed by atoms with Crippen LogP contribution in [0.4, 0.5) is 0 Å². The fourth-order valence-corrected chi connectivity index (χ4v) is 5.82. The highest BCUT2D eigenvalue weighted by Crippen LogP contribution is 2.58. The average Bonchev–Trinajstić information content (AvgIpc) is 2.65. The largest absolute Gasteiger partial charge is 0.506 e. The number of esters is 1. The summed E-state index contributed by atoms with van der Waals surface area (Å²) in [6, 6.07) is 3.63. The van der Waals surface area contributed by atoms with Gasteiger partial charge >= 0.3 is 5.97 Å². The summed E-state index contributed by atoms with van der Waals surface area (Å²) in [6.45, 7) is 0. The van der Waals surface area contributed by atoms with Gasteiger partial charge in [-0.15, -0.1) is 0 Å². The van der Waals surface area contributed by atoms with Crippen LogP contribution in [0.2, 0.25) is 5.02 Å². The molecule has 0 aromatic heterocycles. The van der Waals surface area contributed by atoms with E-state index in [1.54, 1.807) is 13.2 Å². The lowest BCUT2D eigenvalue weighted by molar-refractivity contribution is -0.134. The van der Waals surface area contributed by atoms with Crippen LogP contribution in [0, 0.1) is 23.7 Å². The first-order valence-corrected chi connectivity index (χ1v) is 9.95. The van der Waals surface area contributed by atoms with Crippen LogP contribution in [0.15, 0.2) is 23.8 Å². The van der Waals surface area contributed by atoms with Gasteiger partial charge in [0.05, 0.1) is 19.2 Å². The van der Waals surface area contributed by atoms with E-state index in [4.69, 9.17) is 16.3 Å². The highest BCUT2D eigenvalue weighted by molar-refractivity contribution is 6.34. The van der Waals surface area contributed by atoms with Crippen molar-refractivity contribution in [2.75, 3.05) is 14.2 Å². The number of benzene rings is 1. The first-order chi connectivity index (χ1) is 13.0. The molecule has 144 valence electrons. The molecule has 0 aliphatic heterocycles. The van der Waals surface area contributed by atoms with Crippen molar-refractivity contribution in [3.8, 4) is 5.75 Å². The van der Waals surface area contributed by atoms with E-state index in [1.165, 1.54) is 56.9 Å². The molecule has 1 aromatic rings. The van der Waals surface area contributed by atoms with E-state index < -0.39 is 5.97 Å². The highest BCUT2D eigenvalue weighted by atomic mass is 35.5. The molecule has 4 fully saturated rings. The van der Waals surface area contributed by atoms with Crippen LogP contribution in [-0.2, 0) is 14.3 Å². The predicted molar refractivity (Wildman–Crippen MR) is 105 cm³/mol. The summed E-state index contributed by atoms with van der Waals surface area (Å²) in [6.07, 6.45) is 9.15. The predicted octanol–water partition coefficient (Wildman–Crippen LogP) is 5.05. The average molecular weight is 389 g/mol. The minimum absolute atomic E-state index is 0.0479. The number of halogens is 1. The Bertz CT molecular complexity index is 794. The SMILES string of the molecule is COC(=O)/C=C/c1ccc(C(OC)=C2C3CC4CC(C3)CC2C4)c(Cl)c1O. The molecule has 4 bridgehead atoms. The van der Waals surface area contributed by atoms with Gasteiger partial charge in [-0.25, -0.2) is 4.79 Å². The third-order valence-corrected chi connectivity index (χ3v) is 6.86. The molecule has 5 rings (SSSR count). The van der Waals surface area contributed by atoms with Crippen molar-refractivity contribution in [3.63, 3.8) is 0 Å². The lowest BCUT2D eigenvalue weighted by atomic mass is 9.54. The Labute approximate surface area is 164 Å². The van der Waals surface area contributed by atoms with Crippen LogP contribution < -0.4 is 0 Å². The van der Waals surface area contributed by atoms with E-state index in [1.807, 2.05) is 6.07 Å². The van der Waals surface area contributed by atoms with Crippen LogP contribution in [0.5, 0.6) is 5.75 Å². The topological polar surface area (TPSA) is 55.8 Å². The fraction of sp³-hybridized carbons (Fsp3) is 0.500. The van der Waals surface area contributed by atoms with Crippen molar-refractivity contribution in [2.24, 2.45) is 23.7 Å². The molecule has 4 saturated carbocycles. The lowest BCUT2D eigenvalue weighted by Crippen LogP contribution is -2.40. The highest BCUT2D eigenvalue weighted by Gasteiger charge is 2.46. The van der Waals surface area contributed by atoms with Crippen LogP contribution in [0.25, 0.3) is 11.8 Å². The first-order valence-electron chi connectivity index (χ1n) is 9.57. The molecule has 0 atom stereocenters. The Balaban J connectivity index is 1.72. The normalized spacial score (nSPS) is 28.6. The maximum absolute atomic E-state index is 11.3. The van der Waals surface area contributed by atoms with Crippen LogP contribution in [-0.4, -0.2) is 25.3 Å². The standard InChI is InChI=1S/C22H25ClO4/c1-26-18(24)6-4-14-3-5-17(20(23)21(14)25)22(27-2)19-15-8-12-7-13(10-15)11-16(19)9-12/h3-6,12-13,15-16,25H,7-11H2,1-2H3/b6-4+,22-19?. The van der Waals surface area contributed by atoms with E-state index in [0.29, 0.717) is 17.4 Å². The molecule has 4 aliphatic rings. The van der Waals surface area contributed by atoms with Gasteiger partial charge in [0.1, 0.15) is 11.5 Å². The van der Waals surface area contributed by atoms with Crippen molar-refractivity contribution in [3.05, 3.63) is 39.9 Å². The molecule has 5 heteroatoms. The van der Waals surface area contributed by atoms with Gasteiger partial charge in [0.25, 0.3) is 0 Å². The number of methoxy groups -OCH3 is 2. The third-order valence-electron chi connectivity index (χ3n) is 6.48. The molecule has 4 nitrogen and oxygen atoms in total. The van der Waals surface area contributed by atoms with Gasteiger partial charge in [-0.2, -0.15) is 0 Å². The number of carbonyl (C=O) groups excluding carboxylic acids is 1. The number of allylic oxidation sites excluding steroid dienone is 1. The quantitative estimate of drug-likeness (QED) is 0.445. The van der Waals surface area contributed by atoms with E-state index in [0.717, 1.165) is 23.2 Å². The minimum atomic E-state index is -0.483. The van der Waals surface area contributed by atoms with Crippen LogP contribution in [0.3, 0.4) is 0 Å². The maximum Gasteiger partial charge on any atom is 0.330 e. The molecule has 0 spiro atoms. The molecule has 0 radical (unpaired) electrons. The van der Waals surface area contributed by atoms with E-state index >= 15 is 0 Å². The summed E-state index contributed by atoms with van der Waals surface area (Å²) >= 11 is 6.52. The van der Waals surface area contributed by atoms with Crippen molar-refractivity contribution in [2.45, 2.75) is 32.1 Å². The van der Waals surface area contributed by atoms with Crippen molar-refractivity contribution >= 4 is 29.4 Å². The van der Waals surface area contributed by atoms with Crippen molar-refractivity contribution in [1.29, 1.82) is 0 Å². The van der Waals surface area contributed by atoms with Gasteiger partial charge in [-0.05, 0) is 73.5 Å². The van der Waals surface area contributed by atoms with Crippen molar-refractivity contribution < 1.29 is 19.4 Å². The van der Waals surface area contributed by atoms with Gasteiger partial charge in [0, 0.05) is 17.2 Å². The van der Waals surface area contributed by atoms with Crippen molar-refractivity contribution in [1.82, 2.24) is 0 Å². The Morgan fingerprint density at radius 3 is 2.26 bits per heavy atom. The molecular formula is C22H25ClO4. The number of rotatable bonds is 4. The van der Waals surface area contributed by atoms with Gasteiger partial charge in [0.2, 0.25) is 0 Å². The summed E-state index contributed by atoms with van der Waals surface area (Å²) in [5.74, 6) is 3.18. The maximum atomic E-state index is 11.3. The smallest absolute Gasteiger partial charge is 0.330 e. The van der Waals surface area contributed by atoms with Gasteiger partial charge in [-0.1, -0.05) is 17.7 Å². The summed E-state index contributed by atoms with van der Waals surface area (Å²) in [7, 11) is 3.00. The summed E-state index contributed by atoms with van der Waals surface area (Å²) in [5.41, 5.74) is 2.60. The Morgan fingerprint density at radius 1 is 1.07 bits per heavy atom. The summed E-state index contributed by atoms with van der Waals surface area (Å²) in [5, 5.41) is 10.8. The van der Waals surface area contributed by atoms with Gasteiger partial charge in [-0.3, -0.25) is 0 Å². The molecular weight excluding hydrogens is 364 g/mol. The Kier molecular flexibility index (Phi) is 4.94. The Hall–Kier alpha value is -1.94. The third kappa shape index (κ3) is 3.25. The molecule has 27 heavy (non-hydrogen) atoms. The van der Waals surface area contributed by atoms with E-state index in [2.05, 4.69) is 4.74 Å². The van der Waals surface area contributed by atoms with Crippen LogP contribution >= 0.6 is 11.6 Å². The first kappa shape index (κ1) is 18.4. The summed E-state index contributed by atoms with van der Waals surface area (Å²) in [4.78, 5) is 11.3.